The molecule has 154 valence electrons. The molecular weight excluding hydrogens is 364 g/mol. The van der Waals surface area contributed by atoms with Crippen molar-refractivity contribution in [1.82, 2.24) is 4.90 Å². The molecule has 2 aromatic carbocycles. The van der Waals surface area contributed by atoms with E-state index in [1.54, 1.807) is 12.1 Å². The standard InChI is InChI=1S/C23H30N4O2/c24-23(28)25-20-6-10-22(11-7-20)29-17-1-12-26-13-15-27(16-14-26)21-8-4-19(5-9-21)18-2-3-18/h4-11,18H,1-3,12-17H2,(H3,24,25,28). The third-order valence-corrected chi connectivity index (χ3v) is 5.69. The van der Waals surface area contributed by atoms with Crippen molar-refractivity contribution in [2.45, 2.75) is 25.2 Å². The first kappa shape index (κ1) is 19.6. The fourth-order valence-electron chi connectivity index (χ4n) is 3.86. The number of primary amides is 1. The van der Waals surface area contributed by atoms with Gasteiger partial charge in [-0.15, -0.1) is 0 Å². The fraction of sp³-hybridized carbons (Fsp3) is 0.435. The molecule has 3 N–H and O–H groups in total. The van der Waals surface area contributed by atoms with Crippen molar-refractivity contribution in [2.75, 3.05) is 49.5 Å². The molecule has 4 rings (SSSR count). The van der Waals surface area contributed by atoms with Crippen LogP contribution in [0.15, 0.2) is 48.5 Å². The van der Waals surface area contributed by atoms with Crippen LogP contribution < -0.4 is 20.7 Å². The molecule has 2 amide bonds. The molecule has 0 spiro atoms. The summed E-state index contributed by atoms with van der Waals surface area (Å²) in [6, 6.07) is 15.9. The molecule has 0 atom stereocenters. The van der Waals surface area contributed by atoms with E-state index in [1.165, 1.54) is 24.1 Å². The second kappa shape index (κ2) is 9.18. The minimum absolute atomic E-state index is 0.561. The highest BCUT2D eigenvalue weighted by molar-refractivity contribution is 5.87. The molecule has 0 aromatic heterocycles. The Labute approximate surface area is 172 Å². The summed E-state index contributed by atoms with van der Waals surface area (Å²) in [5.74, 6) is 1.63. The van der Waals surface area contributed by atoms with Crippen molar-refractivity contribution in [1.29, 1.82) is 0 Å². The number of urea groups is 1. The molecule has 1 saturated carbocycles. The van der Waals surface area contributed by atoms with Crippen molar-refractivity contribution in [3.63, 3.8) is 0 Å². The number of hydrogen-bond acceptors (Lipinski definition) is 4. The molecule has 0 bridgehead atoms. The van der Waals surface area contributed by atoms with Gasteiger partial charge in [0.15, 0.2) is 0 Å². The van der Waals surface area contributed by atoms with Crippen LogP contribution in [0.3, 0.4) is 0 Å². The maximum Gasteiger partial charge on any atom is 0.316 e. The first-order valence-electron chi connectivity index (χ1n) is 10.5. The van der Waals surface area contributed by atoms with E-state index in [1.807, 2.05) is 12.1 Å². The number of carbonyl (C=O) groups excluding carboxylic acids is 1. The molecule has 0 unspecified atom stereocenters. The van der Waals surface area contributed by atoms with Crippen molar-refractivity contribution >= 4 is 17.4 Å². The molecule has 1 heterocycles. The smallest absolute Gasteiger partial charge is 0.316 e. The van der Waals surface area contributed by atoms with Crippen LogP contribution in [-0.2, 0) is 0 Å². The number of hydrogen-bond donors (Lipinski definition) is 2. The van der Waals surface area contributed by atoms with E-state index in [0.717, 1.165) is 50.8 Å². The van der Waals surface area contributed by atoms with E-state index >= 15 is 0 Å². The number of carbonyl (C=O) groups is 1. The summed E-state index contributed by atoms with van der Waals surface area (Å²) >= 11 is 0. The second-order valence-electron chi connectivity index (χ2n) is 7.91. The Morgan fingerprint density at radius 3 is 2.31 bits per heavy atom. The summed E-state index contributed by atoms with van der Waals surface area (Å²) < 4.78 is 5.80. The average molecular weight is 395 g/mol. The monoisotopic (exact) mass is 394 g/mol. The van der Waals surface area contributed by atoms with Gasteiger partial charge in [-0.2, -0.15) is 0 Å². The third kappa shape index (κ3) is 5.64. The number of anilines is 2. The van der Waals surface area contributed by atoms with Crippen LogP contribution in [0.2, 0.25) is 0 Å². The zero-order chi connectivity index (χ0) is 20.1. The molecular formula is C23H30N4O2. The number of rotatable bonds is 8. The van der Waals surface area contributed by atoms with Gasteiger partial charge in [-0.25, -0.2) is 4.79 Å². The minimum Gasteiger partial charge on any atom is -0.494 e. The highest BCUT2D eigenvalue weighted by atomic mass is 16.5. The van der Waals surface area contributed by atoms with Gasteiger partial charge in [-0.3, -0.25) is 4.90 Å². The van der Waals surface area contributed by atoms with Crippen LogP contribution in [0.25, 0.3) is 0 Å². The van der Waals surface area contributed by atoms with Gasteiger partial charge in [-0.1, -0.05) is 12.1 Å². The van der Waals surface area contributed by atoms with E-state index in [2.05, 4.69) is 39.4 Å². The van der Waals surface area contributed by atoms with Crippen LogP contribution in [0.5, 0.6) is 5.75 Å². The Morgan fingerprint density at radius 2 is 1.69 bits per heavy atom. The van der Waals surface area contributed by atoms with E-state index in [0.29, 0.717) is 12.3 Å². The normalized spacial score (nSPS) is 17.2. The van der Waals surface area contributed by atoms with Crippen LogP contribution in [-0.4, -0.2) is 50.3 Å². The van der Waals surface area contributed by atoms with Gasteiger partial charge in [0.05, 0.1) is 6.61 Å². The van der Waals surface area contributed by atoms with Gasteiger partial charge < -0.3 is 20.7 Å². The molecule has 6 nitrogen and oxygen atoms in total. The molecule has 1 aliphatic heterocycles. The SMILES string of the molecule is NC(=O)Nc1ccc(OCCCN2CCN(c3ccc(C4CC4)cc3)CC2)cc1. The lowest BCUT2D eigenvalue weighted by atomic mass is 10.1. The predicted octanol–water partition coefficient (Wildman–Crippen LogP) is 3.65. The molecule has 1 aliphatic carbocycles. The van der Waals surface area contributed by atoms with Gasteiger partial charge in [0.1, 0.15) is 5.75 Å². The maximum absolute atomic E-state index is 10.8. The van der Waals surface area contributed by atoms with Crippen LogP contribution >= 0.6 is 0 Å². The Kier molecular flexibility index (Phi) is 6.20. The lowest BCUT2D eigenvalue weighted by Gasteiger charge is -2.36. The lowest BCUT2D eigenvalue weighted by Crippen LogP contribution is -2.46. The van der Waals surface area contributed by atoms with Crippen LogP contribution in [0, 0.1) is 0 Å². The fourth-order valence-corrected chi connectivity index (χ4v) is 3.86. The second-order valence-corrected chi connectivity index (χ2v) is 7.91. The summed E-state index contributed by atoms with van der Waals surface area (Å²) in [6.07, 6.45) is 3.72. The summed E-state index contributed by atoms with van der Waals surface area (Å²) in [6.45, 7) is 6.09. The summed E-state index contributed by atoms with van der Waals surface area (Å²) in [4.78, 5) is 15.8. The number of nitrogens with one attached hydrogen (secondary N) is 1. The number of nitrogens with zero attached hydrogens (tertiary/aromatic N) is 2. The summed E-state index contributed by atoms with van der Waals surface area (Å²) in [7, 11) is 0. The number of benzene rings is 2. The zero-order valence-corrected chi connectivity index (χ0v) is 16.8. The summed E-state index contributed by atoms with van der Waals surface area (Å²) in [5, 5.41) is 2.54. The molecule has 2 aromatic rings. The topological polar surface area (TPSA) is 70.8 Å². The van der Waals surface area contributed by atoms with Crippen LogP contribution in [0.1, 0.15) is 30.7 Å². The molecule has 2 aliphatic rings. The number of nitrogens with two attached hydrogens (primary N) is 1. The van der Waals surface area contributed by atoms with E-state index in [9.17, 15) is 4.79 Å². The van der Waals surface area contributed by atoms with Gasteiger partial charge >= 0.3 is 6.03 Å². The number of ether oxygens (including phenoxy) is 1. The molecule has 29 heavy (non-hydrogen) atoms. The zero-order valence-electron chi connectivity index (χ0n) is 16.8. The Bertz CT molecular complexity index is 795. The summed E-state index contributed by atoms with van der Waals surface area (Å²) in [5.41, 5.74) is 8.63. The largest absolute Gasteiger partial charge is 0.494 e. The van der Waals surface area contributed by atoms with E-state index < -0.39 is 6.03 Å². The van der Waals surface area contributed by atoms with Crippen molar-refractivity contribution in [3.8, 4) is 5.75 Å². The predicted molar refractivity (Wildman–Crippen MR) is 117 cm³/mol. The lowest BCUT2D eigenvalue weighted by molar-refractivity contribution is 0.225. The van der Waals surface area contributed by atoms with Crippen LogP contribution in [0.4, 0.5) is 16.2 Å². The van der Waals surface area contributed by atoms with Gasteiger partial charge in [0.2, 0.25) is 0 Å². The molecule has 1 saturated heterocycles. The van der Waals surface area contributed by atoms with Gasteiger partial charge in [0.25, 0.3) is 0 Å². The quantitative estimate of drug-likeness (QED) is 0.671. The third-order valence-electron chi connectivity index (χ3n) is 5.69. The number of piperazine rings is 1. The molecule has 6 heteroatoms. The Hall–Kier alpha value is -2.73. The highest BCUT2D eigenvalue weighted by Crippen LogP contribution is 2.40. The van der Waals surface area contributed by atoms with E-state index in [-0.39, 0.29) is 0 Å². The van der Waals surface area contributed by atoms with Gasteiger partial charge in [-0.05, 0) is 67.1 Å². The van der Waals surface area contributed by atoms with Crippen molar-refractivity contribution in [2.24, 2.45) is 5.73 Å². The van der Waals surface area contributed by atoms with Gasteiger partial charge in [0, 0.05) is 44.1 Å². The molecule has 2 fully saturated rings. The first-order valence-corrected chi connectivity index (χ1v) is 10.5. The minimum atomic E-state index is -0.561. The first-order chi connectivity index (χ1) is 14.2. The Balaban J connectivity index is 1.13. The molecule has 0 radical (unpaired) electrons. The maximum atomic E-state index is 10.8. The van der Waals surface area contributed by atoms with Crippen molar-refractivity contribution < 1.29 is 9.53 Å². The highest BCUT2D eigenvalue weighted by Gasteiger charge is 2.23. The Morgan fingerprint density at radius 1 is 1.00 bits per heavy atom. The van der Waals surface area contributed by atoms with E-state index in [4.69, 9.17) is 10.5 Å². The average Bonchev–Trinajstić information content (AvgIpc) is 3.58. The number of amides is 2. The van der Waals surface area contributed by atoms with Crippen molar-refractivity contribution in [3.05, 3.63) is 54.1 Å².